The van der Waals surface area contributed by atoms with Gasteiger partial charge in [0.2, 0.25) is 0 Å². The summed E-state index contributed by atoms with van der Waals surface area (Å²) in [6.07, 6.45) is 1.88. The quantitative estimate of drug-likeness (QED) is 0.694. The van der Waals surface area contributed by atoms with Crippen molar-refractivity contribution >= 4 is 5.69 Å². The van der Waals surface area contributed by atoms with Gasteiger partial charge in [-0.05, 0) is 42.0 Å². The molecule has 0 aliphatic rings. The minimum atomic E-state index is 0.754. The van der Waals surface area contributed by atoms with E-state index in [-0.39, 0.29) is 0 Å². The van der Waals surface area contributed by atoms with Gasteiger partial charge in [0.25, 0.3) is 0 Å². The van der Waals surface area contributed by atoms with Crippen molar-refractivity contribution in [1.82, 2.24) is 15.5 Å². The largest absolute Gasteiger partial charge is 0.497 e. The zero-order chi connectivity index (χ0) is 17.6. The fourth-order valence-corrected chi connectivity index (χ4v) is 2.74. The van der Waals surface area contributed by atoms with E-state index in [0.29, 0.717) is 0 Å². The molecule has 130 valence electrons. The van der Waals surface area contributed by atoms with Gasteiger partial charge in [-0.15, -0.1) is 0 Å². The summed E-state index contributed by atoms with van der Waals surface area (Å²) in [7, 11) is 5.78. The van der Waals surface area contributed by atoms with Gasteiger partial charge >= 0.3 is 0 Å². The lowest BCUT2D eigenvalue weighted by atomic mass is 10.1. The molecular weight excluding hydrogens is 312 g/mol. The van der Waals surface area contributed by atoms with E-state index in [1.807, 2.05) is 30.5 Å². The van der Waals surface area contributed by atoms with E-state index in [1.54, 1.807) is 7.11 Å². The Hall–Kier alpha value is -2.79. The van der Waals surface area contributed by atoms with Crippen LogP contribution in [0, 0.1) is 0 Å². The summed E-state index contributed by atoms with van der Waals surface area (Å²) in [5, 5.41) is 10.8. The van der Waals surface area contributed by atoms with Gasteiger partial charge in [0.05, 0.1) is 19.0 Å². The fraction of sp³-hybridized carbons (Fsp3) is 0.250. The van der Waals surface area contributed by atoms with Crippen molar-refractivity contribution in [2.24, 2.45) is 0 Å². The molecule has 0 aliphatic carbocycles. The lowest BCUT2D eigenvalue weighted by Crippen LogP contribution is -2.14. The highest BCUT2D eigenvalue weighted by molar-refractivity contribution is 5.63. The Bertz CT molecular complexity index is 809. The number of nitrogens with one attached hydrogen (secondary N) is 2. The van der Waals surface area contributed by atoms with Crippen LogP contribution in [0.1, 0.15) is 11.1 Å². The number of aromatic nitrogens is 2. The summed E-state index contributed by atoms with van der Waals surface area (Å²) in [4.78, 5) is 2.11. The topological polar surface area (TPSA) is 53.2 Å². The Labute approximate surface area is 148 Å². The second-order valence-electron chi connectivity index (χ2n) is 6.17. The molecular formula is C20H24N4O. The molecule has 0 amide bonds. The molecule has 5 heteroatoms. The molecule has 5 nitrogen and oxygen atoms in total. The van der Waals surface area contributed by atoms with Crippen LogP contribution < -0.4 is 15.0 Å². The average molecular weight is 336 g/mol. The minimum absolute atomic E-state index is 0.754. The van der Waals surface area contributed by atoms with Crippen molar-refractivity contribution in [3.63, 3.8) is 0 Å². The standard InChI is InChI=1S/C20H24N4O/c1-24(2)18-6-4-5-15(11-18)12-21-13-17-14-22-23-20(17)16-7-9-19(25-3)10-8-16/h4-11,14,21H,12-13H2,1-3H3,(H,22,23). The highest BCUT2D eigenvalue weighted by Crippen LogP contribution is 2.23. The highest BCUT2D eigenvalue weighted by atomic mass is 16.5. The molecule has 0 radical (unpaired) electrons. The van der Waals surface area contributed by atoms with E-state index in [0.717, 1.165) is 35.7 Å². The van der Waals surface area contributed by atoms with Crippen molar-refractivity contribution in [3.8, 4) is 17.0 Å². The average Bonchev–Trinajstić information content (AvgIpc) is 3.10. The molecule has 0 saturated heterocycles. The molecule has 3 rings (SSSR count). The molecule has 0 spiro atoms. The van der Waals surface area contributed by atoms with Gasteiger partial charge in [-0.3, -0.25) is 5.10 Å². The highest BCUT2D eigenvalue weighted by Gasteiger charge is 2.08. The number of hydrogen-bond acceptors (Lipinski definition) is 4. The van der Waals surface area contributed by atoms with Crippen molar-refractivity contribution in [2.75, 3.05) is 26.1 Å². The van der Waals surface area contributed by atoms with Gasteiger partial charge in [0, 0.05) is 44.0 Å². The first-order valence-corrected chi connectivity index (χ1v) is 8.31. The van der Waals surface area contributed by atoms with Crippen LogP contribution in [0.15, 0.2) is 54.7 Å². The van der Waals surface area contributed by atoms with Crippen LogP contribution in [0.25, 0.3) is 11.3 Å². The summed E-state index contributed by atoms with van der Waals surface area (Å²) in [6, 6.07) is 16.5. The SMILES string of the molecule is COc1ccc(-c2[nH]ncc2CNCc2cccc(N(C)C)c2)cc1. The summed E-state index contributed by atoms with van der Waals surface area (Å²) in [6.45, 7) is 1.57. The molecule has 0 aliphatic heterocycles. The number of rotatable bonds is 7. The van der Waals surface area contributed by atoms with Crippen LogP contribution >= 0.6 is 0 Å². The van der Waals surface area contributed by atoms with Crippen molar-refractivity contribution in [1.29, 1.82) is 0 Å². The third kappa shape index (κ3) is 4.19. The minimum Gasteiger partial charge on any atom is -0.497 e. The van der Waals surface area contributed by atoms with Crippen LogP contribution in [-0.4, -0.2) is 31.4 Å². The molecule has 0 saturated carbocycles. The zero-order valence-corrected chi connectivity index (χ0v) is 14.9. The first-order valence-electron chi connectivity index (χ1n) is 8.31. The summed E-state index contributed by atoms with van der Waals surface area (Å²) in [5.74, 6) is 0.851. The van der Waals surface area contributed by atoms with E-state index < -0.39 is 0 Å². The molecule has 2 N–H and O–H groups in total. The number of nitrogens with zero attached hydrogens (tertiary/aromatic N) is 2. The van der Waals surface area contributed by atoms with Crippen molar-refractivity contribution in [2.45, 2.75) is 13.1 Å². The summed E-state index contributed by atoms with van der Waals surface area (Å²) < 4.78 is 5.22. The maximum atomic E-state index is 5.22. The van der Waals surface area contributed by atoms with Gasteiger partial charge in [0.1, 0.15) is 5.75 Å². The Morgan fingerprint density at radius 2 is 1.88 bits per heavy atom. The van der Waals surface area contributed by atoms with Crippen LogP contribution in [0.5, 0.6) is 5.75 Å². The van der Waals surface area contributed by atoms with Crippen molar-refractivity contribution in [3.05, 3.63) is 65.9 Å². The normalized spacial score (nSPS) is 10.7. The summed E-state index contributed by atoms with van der Waals surface area (Å²) in [5.41, 5.74) is 5.76. The van der Waals surface area contributed by atoms with E-state index in [9.17, 15) is 0 Å². The van der Waals surface area contributed by atoms with Crippen LogP contribution in [0.4, 0.5) is 5.69 Å². The third-order valence-electron chi connectivity index (χ3n) is 4.17. The number of ether oxygens (including phenoxy) is 1. The molecule has 25 heavy (non-hydrogen) atoms. The maximum absolute atomic E-state index is 5.22. The number of aromatic amines is 1. The molecule has 3 aromatic rings. The van der Waals surface area contributed by atoms with E-state index in [1.165, 1.54) is 11.3 Å². The van der Waals surface area contributed by atoms with E-state index in [2.05, 4.69) is 58.8 Å². The van der Waals surface area contributed by atoms with Gasteiger partial charge < -0.3 is 15.0 Å². The lowest BCUT2D eigenvalue weighted by molar-refractivity contribution is 0.415. The molecule has 2 aromatic carbocycles. The number of anilines is 1. The molecule has 0 unspecified atom stereocenters. The van der Waals surface area contributed by atoms with Crippen LogP contribution in [0.2, 0.25) is 0 Å². The third-order valence-corrected chi connectivity index (χ3v) is 4.17. The first-order chi connectivity index (χ1) is 12.2. The van der Waals surface area contributed by atoms with Gasteiger partial charge in [0.15, 0.2) is 0 Å². The van der Waals surface area contributed by atoms with Gasteiger partial charge in [-0.1, -0.05) is 12.1 Å². The smallest absolute Gasteiger partial charge is 0.118 e. The molecule has 1 heterocycles. The number of methoxy groups -OCH3 is 1. The molecule has 0 atom stereocenters. The Morgan fingerprint density at radius 1 is 1.08 bits per heavy atom. The van der Waals surface area contributed by atoms with Crippen molar-refractivity contribution < 1.29 is 4.74 Å². The monoisotopic (exact) mass is 336 g/mol. The fourth-order valence-electron chi connectivity index (χ4n) is 2.74. The molecule has 0 bridgehead atoms. The predicted octanol–water partition coefficient (Wildman–Crippen LogP) is 3.44. The summed E-state index contributed by atoms with van der Waals surface area (Å²) >= 11 is 0. The number of hydrogen-bond donors (Lipinski definition) is 2. The van der Waals surface area contributed by atoms with Crippen LogP contribution in [-0.2, 0) is 13.1 Å². The lowest BCUT2D eigenvalue weighted by Gasteiger charge is -2.14. The number of benzene rings is 2. The maximum Gasteiger partial charge on any atom is 0.118 e. The second kappa shape index (κ2) is 7.85. The molecule has 0 fully saturated rings. The predicted molar refractivity (Wildman–Crippen MR) is 102 cm³/mol. The van der Waals surface area contributed by atoms with Gasteiger partial charge in [-0.25, -0.2) is 0 Å². The van der Waals surface area contributed by atoms with Crippen LogP contribution in [0.3, 0.4) is 0 Å². The van der Waals surface area contributed by atoms with E-state index >= 15 is 0 Å². The van der Waals surface area contributed by atoms with Gasteiger partial charge in [-0.2, -0.15) is 5.10 Å². The first kappa shape index (κ1) is 17.0. The Morgan fingerprint density at radius 3 is 2.60 bits per heavy atom. The Balaban J connectivity index is 1.64. The number of H-pyrrole nitrogens is 1. The zero-order valence-electron chi connectivity index (χ0n) is 14.9. The Kier molecular flexibility index (Phi) is 5.36. The van der Waals surface area contributed by atoms with E-state index in [4.69, 9.17) is 4.74 Å². The molecule has 1 aromatic heterocycles. The second-order valence-corrected chi connectivity index (χ2v) is 6.17.